The van der Waals surface area contributed by atoms with Crippen LogP contribution in [0.3, 0.4) is 0 Å². The van der Waals surface area contributed by atoms with Crippen LogP contribution in [0.15, 0.2) is 29.5 Å². The minimum absolute atomic E-state index is 0.120. The Morgan fingerprint density at radius 2 is 2.31 bits per heavy atom. The van der Waals surface area contributed by atoms with Crippen LogP contribution in [0.1, 0.15) is 0 Å². The van der Waals surface area contributed by atoms with E-state index in [0.29, 0.717) is 0 Å². The van der Waals surface area contributed by atoms with Gasteiger partial charge in [0.15, 0.2) is 5.82 Å². The smallest absolute Gasteiger partial charge is 0.247 e. The summed E-state index contributed by atoms with van der Waals surface area (Å²) in [5.41, 5.74) is 0.727. The average Bonchev–Trinajstić information content (AvgIpc) is 2.53. The van der Waals surface area contributed by atoms with E-state index in [1.165, 1.54) is 6.07 Å². The van der Waals surface area contributed by atoms with Crippen molar-refractivity contribution in [1.29, 1.82) is 0 Å². The molecular weight excluding hydrogens is 168 g/mol. The van der Waals surface area contributed by atoms with Gasteiger partial charge < -0.3 is 9.55 Å². The van der Waals surface area contributed by atoms with Gasteiger partial charge in [-0.15, -0.1) is 10.2 Å². The molecule has 0 bridgehead atoms. The van der Waals surface area contributed by atoms with Crippen LogP contribution in [0, 0.1) is 0 Å². The molecule has 5 nitrogen and oxygen atoms in total. The highest BCUT2D eigenvalue weighted by Gasteiger charge is 2.02. The van der Waals surface area contributed by atoms with Crippen LogP contribution >= 0.6 is 0 Å². The molecule has 2 aromatic rings. The van der Waals surface area contributed by atoms with E-state index < -0.39 is 0 Å². The summed E-state index contributed by atoms with van der Waals surface area (Å²) in [7, 11) is 1.85. The SMILES string of the molecule is Cn1cnnc1-c1ccc(=O)[nH]c1. The summed E-state index contributed by atoms with van der Waals surface area (Å²) < 4.78 is 1.79. The van der Waals surface area contributed by atoms with Crippen LogP contribution in [-0.2, 0) is 7.05 Å². The number of aromatic amines is 1. The molecule has 0 unspecified atom stereocenters. The van der Waals surface area contributed by atoms with Gasteiger partial charge in [0.05, 0.1) is 0 Å². The zero-order valence-electron chi connectivity index (χ0n) is 7.06. The number of H-pyrrole nitrogens is 1. The molecular formula is C8H8N4O. The van der Waals surface area contributed by atoms with E-state index in [0.717, 1.165) is 11.4 Å². The number of hydrogen-bond acceptors (Lipinski definition) is 3. The summed E-state index contributed by atoms with van der Waals surface area (Å²) in [6, 6.07) is 3.17. The molecule has 0 saturated heterocycles. The Labute approximate surface area is 74.1 Å². The van der Waals surface area contributed by atoms with Crippen molar-refractivity contribution in [2.45, 2.75) is 0 Å². The number of nitrogens with one attached hydrogen (secondary N) is 1. The van der Waals surface area contributed by atoms with Crippen LogP contribution in [0.5, 0.6) is 0 Å². The fourth-order valence-corrected chi connectivity index (χ4v) is 1.09. The Hall–Kier alpha value is -1.91. The summed E-state index contributed by atoms with van der Waals surface area (Å²) >= 11 is 0. The minimum atomic E-state index is -0.120. The predicted molar refractivity (Wildman–Crippen MR) is 47.1 cm³/mol. The normalized spacial score (nSPS) is 10.2. The average molecular weight is 176 g/mol. The standard InChI is InChI=1S/C8H8N4O/c1-12-5-10-11-8(12)6-2-3-7(13)9-4-6/h2-5H,1H3,(H,9,13). The first kappa shape index (κ1) is 7.72. The Morgan fingerprint density at radius 1 is 1.46 bits per heavy atom. The minimum Gasteiger partial charge on any atom is -0.328 e. The number of nitrogens with zero attached hydrogens (tertiary/aromatic N) is 3. The first-order chi connectivity index (χ1) is 6.27. The molecule has 0 aliphatic carbocycles. The highest BCUT2D eigenvalue weighted by molar-refractivity contribution is 5.52. The van der Waals surface area contributed by atoms with E-state index in [-0.39, 0.29) is 5.56 Å². The molecule has 0 aromatic carbocycles. The summed E-state index contributed by atoms with van der Waals surface area (Å²) in [5, 5.41) is 7.65. The van der Waals surface area contributed by atoms with Gasteiger partial charge in [-0.2, -0.15) is 0 Å². The van der Waals surface area contributed by atoms with Crippen molar-refractivity contribution in [2.24, 2.45) is 7.05 Å². The lowest BCUT2D eigenvalue weighted by molar-refractivity contribution is 0.918. The maximum Gasteiger partial charge on any atom is 0.247 e. The Balaban J connectivity index is 2.53. The topological polar surface area (TPSA) is 63.6 Å². The molecule has 1 N–H and O–H groups in total. The molecule has 0 aliphatic heterocycles. The predicted octanol–water partition coefficient (Wildman–Crippen LogP) is 0.170. The molecule has 0 amide bonds. The van der Waals surface area contributed by atoms with E-state index in [1.54, 1.807) is 23.2 Å². The zero-order chi connectivity index (χ0) is 9.26. The van der Waals surface area contributed by atoms with Gasteiger partial charge in [-0.05, 0) is 6.07 Å². The summed E-state index contributed by atoms with van der Waals surface area (Å²) in [5.74, 6) is 0.733. The highest BCUT2D eigenvalue weighted by atomic mass is 16.1. The lowest BCUT2D eigenvalue weighted by Gasteiger charge is -1.97. The maximum atomic E-state index is 10.8. The maximum absolute atomic E-state index is 10.8. The number of pyridine rings is 1. The Bertz CT molecular complexity index is 450. The fraction of sp³-hybridized carbons (Fsp3) is 0.125. The molecule has 66 valence electrons. The molecule has 0 radical (unpaired) electrons. The van der Waals surface area contributed by atoms with Crippen LogP contribution in [0.25, 0.3) is 11.4 Å². The van der Waals surface area contributed by atoms with Gasteiger partial charge in [-0.1, -0.05) is 0 Å². The van der Waals surface area contributed by atoms with E-state index in [9.17, 15) is 4.79 Å². The monoisotopic (exact) mass is 176 g/mol. The molecule has 5 heteroatoms. The van der Waals surface area contributed by atoms with Crippen molar-refractivity contribution in [3.63, 3.8) is 0 Å². The number of aromatic nitrogens is 4. The van der Waals surface area contributed by atoms with Gasteiger partial charge in [0.1, 0.15) is 6.33 Å². The molecule has 0 aliphatic rings. The number of aryl methyl sites for hydroxylation is 1. The van der Waals surface area contributed by atoms with E-state index in [1.807, 2.05) is 7.05 Å². The number of rotatable bonds is 1. The van der Waals surface area contributed by atoms with Gasteiger partial charge in [-0.25, -0.2) is 0 Å². The van der Waals surface area contributed by atoms with Gasteiger partial charge in [0.25, 0.3) is 0 Å². The second-order valence-corrected chi connectivity index (χ2v) is 2.71. The molecule has 0 saturated carbocycles. The van der Waals surface area contributed by atoms with Crippen molar-refractivity contribution in [2.75, 3.05) is 0 Å². The van der Waals surface area contributed by atoms with Crippen molar-refractivity contribution >= 4 is 0 Å². The molecule has 2 heterocycles. The molecule has 0 atom stereocenters. The highest BCUT2D eigenvalue weighted by Crippen LogP contribution is 2.11. The molecule has 0 fully saturated rings. The third-order valence-electron chi connectivity index (χ3n) is 1.75. The van der Waals surface area contributed by atoms with E-state index >= 15 is 0 Å². The molecule has 2 aromatic heterocycles. The zero-order valence-corrected chi connectivity index (χ0v) is 7.06. The van der Waals surface area contributed by atoms with Crippen LogP contribution in [0.4, 0.5) is 0 Å². The van der Waals surface area contributed by atoms with Crippen LogP contribution in [0.2, 0.25) is 0 Å². The Kier molecular flexibility index (Phi) is 1.70. The number of hydrogen-bond donors (Lipinski definition) is 1. The van der Waals surface area contributed by atoms with Crippen molar-refractivity contribution in [3.8, 4) is 11.4 Å². The van der Waals surface area contributed by atoms with Gasteiger partial charge in [0.2, 0.25) is 5.56 Å². The van der Waals surface area contributed by atoms with Crippen molar-refractivity contribution in [1.82, 2.24) is 19.7 Å². The van der Waals surface area contributed by atoms with E-state index in [4.69, 9.17) is 0 Å². The largest absolute Gasteiger partial charge is 0.328 e. The Morgan fingerprint density at radius 3 is 2.85 bits per heavy atom. The summed E-state index contributed by atoms with van der Waals surface area (Å²) in [4.78, 5) is 13.4. The second-order valence-electron chi connectivity index (χ2n) is 2.71. The lowest BCUT2D eigenvalue weighted by Crippen LogP contribution is -2.02. The first-order valence-corrected chi connectivity index (χ1v) is 3.80. The summed E-state index contributed by atoms with van der Waals surface area (Å²) in [6.45, 7) is 0. The lowest BCUT2D eigenvalue weighted by atomic mass is 10.3. The molecule has 13 heavy (non-hydrogen) atoms. The van der Waals surface area contributed by atoms with Crippen molar-refractivity contribution in [3.05, 3.63) is 35.0 Å². The molecule has 2 rings (SSSR count). The summed E-state index contributed by atoms with van der Waals surface area (Å²) in [6.07, 6.45) is 3.23. The first-order valence-electron chi connectivity index (χ1n) is 3.80. The van der Waals surface area contributed by atoms with Crippen LogP contribution in [-0.4, -0.2) is 19.7 Å². The molecule has 0 spiro atoms. The third-order valence-corrected chi connectivity index (χ3v) is 1.75. The third kappa shape index (κ3) is 1.35. The quantitative estimate of drug-likeness (QED) is 0.673. The van der Waals surface area contributed by atoms with Gasteiger partial charge in [0, 0.05) is 24.9 Å². The van der Waals surface area contributed by atoms with Crippen molar-refractivity contribution < 1.29 is 0 Å². The second kappa shape index (κ2) is 2.85. The fourth-order valence-electron chi connectivity index (χ4n) is 1.09. The van der Waals surface area contributed by atoms with E-state index in [2.05, 4.69) is 15.2 Å². The van der Waals surface area contributed by atoms with Crippen LogP contribution < -0.4 is 5.56 Å². The van der Waals surface area contributed by atoms with Gasteiger partial charge in [-0.3, -0.25) is 4.79 Å². The van der Waals surface area contributed by atoms with Gasteiger partial charge >= 0.3 is 0 Å².